The lowest BCUT2D eigenvalue weighted by Gasteiger charge is -2.10. The van der Waals surface area contributed by atoms with Gasteiger partial charge in [-0.1, -0.05) is 0 Å². The lowest BCUT2D eigenvalue weighted by molar-refractivity contribution is 0.338. The molecule has 0 amide bonds. The van der Waals surface area contributed by atoms with Crippen molar-refractivity contribution in [1.82, 2.24) is 10.3 Å². The predicted octanol–water partition coefficient (Wildman–Crippen LogP) is 2.02. The first kappa shape index (κ1) is 12.0. The van der Waals surface area contributed by atoms with Gasteiger partial charge in [-0.2, -0.15) is 0 Å². The number of hydrogen-bond acceptors (Lipinski definition) is 3. The largest absolute Gasteiger partial charge is 0.492 e. The van der Waals surface area contributed by atoms with Crippen molar-refractivity contribution in [2.75, 3.05) is 13.7 Å². The van der Waals surface area contributed by atoms with Gasteiger partial charge in [0.25, 0.3) is 0 Å². The molecule has 1 aromatic rings. The summed E-state index contributed by atoms with van der Waals surface area (Å²) in [6.45, 7) is 4.85. The van der Waals surface area contributed by atoms with E-state index in [2.05, 4.69) is 23.3 Å². The number of pyridine rings is 1. The Balaban J connectivity index is 2.50. The van der Waals surface area contributed by atoms with Gasteiger partial charge in [-0.05, 0) is 45.4 Å². The van der Waals surface area contributed by atoms with Crippen molar-refractivity contribution in [2.45, 2.75) is 32.7 Å². The van der Waals surface area contributed by atoms with Gasteiger partial charge in [0.05, 0.1) is 12.8 Å². The summed E-state index contributed by atoms with van der Waals surface area (Å²) in [4.78, 5) is 4.16. The summed E-state index contributed by atoms with van der Waals surface area (Å²) in [6, 6.07) is 2.61. The second-order valence-electron chi connectivity index (χ2n) is 3.69. The van der Waals surface area contributed by atoms with Gasteiger partial charge in [-0.3, -0.25) is 4.98 Å². The van der Waals surface area contributed by atoms with Crippen LogP contribution in [0.3, 0.4) is 0 Å². The number of aromatic nitrogens is 1. The molecule has 0 saturated heterocycles. The molecule has 84 valence electrons. The number of ether oxygens (including phenoxy) is 1. The van der Waals surface area contributed by atoms with Crippen LogP contribution in [0.5, 0.6) is 5.75 Å². The maximum Gasteiger partial charge on any atom is 0.137 e. The molecule has 15 heavy (non-hydrogen) atoms. The minimum Gasteiger partial charge on any atom is -0.492 e. The Morgan fingerprint density at radius 1 is 1.47 bits per heavy atom. The van der Waals surface area contributed by atoms with E-state index in [1.54, 1.807) is 6.20 Å². The van der Waals surface area contributed by atoms with E-state index in [-0.39, 0.29) is 0 Å². The second-order valence-corrected chi connectivity index (χ2v) is 3.69. The molecule has 0 spiro atoms. The van der Waals surface area contributed by atoms with E-state index in [1.807, 2.05) is 20.2 Å². The second kappa shape index (κ2) is 6.40. The summed E-state index contributed by atoms with van der Waals surface area (Å²) in [6.07, 6.45) is 5.82. The van der Waals surface area contributed by atoms with Crippen LogP contribution < -0.4 is 10.1 Å². The molecule has 3 nitrogen and oxygen atoms in total. The fraction of sp³-hybridized carbons (Fsp3) is 0.583. The SMILES string of the molecule is CCOc1cncc(CCC(C)NC)c1. The molecule has 0 aliphatic heterocycles. The minimum absolute atomic E-state index is 0.542. The van der Waals surface area contributed by atoms with E-state index < -0.39 is 0 Å². The summed E-state index contributed by atoms with van der Waals surface area (Å²) in [5.74, 6) is 0.868. The normalized spacial score (nSPS) is 12.5. The van der Waals surface area contributed by atoms with Crippen LogP contribution in [0.4, 0.5) is 0 Å². The van der Waals surface area contributed by atoms with E-state index in [1.165, 1.54) is 5.56 Å². The molecule has 1 unspecified atom stereocenters. The van der Waals surface area contributed by atoms with E-state index in [0.717, 1.165) is 18.6 Å². The highest BCUT2D eigenvalue weighted by molar-refractivity contribution is 5.23. The topological polar surface area (TPSA) is 34.1 Å². The third-order valence-corrected chi connectivity index (χ3v) is 2.44. The number of aryl methyl sites for hydroxylation is 1. The lowest BCUT2D eigenvalue weighted by Crippen LogP contribution is -2.21. The quantitative estimate of drug-likeness (QED) is 0.776. The summed E-state index contributed by atoms with van der Waals surface area (Å²) in [5.41, 5.74) is 1.24. The molecule has 1 atom stereocenters. The maximum atomic E-state index is 5.40. The van der Waals surface area contributed by atoms with Gasteiger partial charge in [0.15, 0.2) is 0 Å². The highest BCUT2D eigenvalue weighted by Gasteiger charge is 2.01. The zero-order chi connectivity index (χ0) is 11.1. The Hall–Kier alpha value is -1.09. The van der Waals surface area contributed by atoms with Gasteiger partial charge in [0, 0.05) is 12.2 Å². The number of hydrogen-bond donors (Lipinski definition) is 1. The smallest absolute Gasteiger partial charge is 0.137 e. The molecule has 0 bridgehead atoms. The average molecular weight is 208 g/mol. The van der Waals surface area contributed by atoms with E-state index in [0.29, 0.717) is 12.6 Å². The molecule has 0 aliphatic carbocycles. The Morgan fingerprint density at radius 2 is 2.27 bits per heavy atom. The monoisotopic (exact) mass is 208 g/mol. The Labute approximate surface area is 91.9 Å². The van der Waals surface area contributed by atoms with Crippen LogP contribution in [-0.2, 0) is 6.42 Å². The summed E-state index contributed by atoms with van der Waals surface area (Å²) < 4.78 is 5.40. The molecule has 0 radical (unpaired) electrons. The highest BCUT2D eigenvalue weighted by atomic mass is 16.5. The first-order valence-electron chi connectivity index (χ1n) is 5.50. The van der Waals surface area contributed by atoms with Gasteiger partial charge < -0.3 is 10.1 Å². The highest BCUT2D eigenvalue weighted by Crippen LogP contribution is 2.13. The molecule has 3 heteroatoms. The van der Waals surface area contributed by atoms with Crippen LogP contribution in [0, 0.1) is 0 Å². The summed E-state index contributed by atoms with van der Waals surface area (Å²) in [7, 11) is 1.99. The molecule has 1 N–H and O–H groups in total. The van der Waals surface area contributed by atoms with E-state index >= 15 is 0 Å². The van der Waals surface area contributed by atoms with Crippen molar-refractivity contribution in [3.63, 3.8) is 0 Å². The molecule has 0 fully saturated rings. The van der Waals surface area contributed by atoms with Crippen LogP contribution in [0.25, 0.3) is 0 Å². The fourth-order valence-corrected chi connectivity index (χ4v) is 1.37. The molecular weight excluding hydrogens is 188 g/mol. The minimum atomic E-state index is 0.542. The van der Waals surface area contributed by atoms with Crippen LogP contribution in [0.2, 0.25) is 0 Å². The van der Waals surface area contributed by atoms with Crippen molar-refractivity contribution in [2.24, 2.45) is 0 Å². The summed E-state index contributed by atoms with van der Waals surface area (Å²) >= 11 is 0. The Bertz CT molecular complexity index is 289. The maximum absolute atomic E-state index is 5.40. The van der Waals surface area contributed by atoms with Gasteiger partial charge in [-0.15, -0.1) is 0 Å². The van der Waals surface area contributed by atoms with Crippen molar-refractivity contribution in [3.8, 4) is 5.75 Å². The van der Waals surface area contributed by atoms with Crippen LogP contribution >= 0.6 is 0 Å². The molecule has 1 rings (SSSR count). The number of nitrogens with one attached hydrogen (secondary N) is 1. The average Bonchev–Trinajstić information content (AvgIpc) is 2.27. The van der Waals surface area contributed by atoms with Crippen molar-refractivity contribution in [3.05, 3.63) is 24.0 Å². The van der Waals surface area contributed by atoms with Crippen molar-refractivity contribution in [1.29, 1.82) is 0 Å². The molecule has 1 heterocycles. The molecule has 1 aromatic heterocycles. The third-order valence-electron chi connectivity index (χ3n) is 2.44. The molecular formula is C12H20N2O. The third kappa shape index (κ3) is 4.30. The first-order valence-corrected chi connectivity index (χ1v) is 5.50. The van der Waals surface area contributed by atoms with E-state index in [4.69, 9.17) is 4.74 Å². The predicted molar refractivity (Wildman–Crippen MR) is 62.2 cm³/mol. The van der Waals surface area contributed by atoms with Gasteiger partial charge in [-0.25, -0.2) is 0 Å². The fourth-order valence-electron chi connectivity index (χ4n) is 1.37. The number of nitrogens with zero attached hydrogens (tertiary/aromatic N) is 1. The van der Waals surface area contributed by atoms with Crippen molar-refractivity contribution < 1.29 is 4.74 Å². The zero-order valence-corrected chi connectivity index (χ0v) is 9.79. The Kier molecular flexibility index (Phi) is 5.12. The molecule has 0 aromatic carbocycles. The molecule has 0 saturated carbocycles. The van der Waals surface area contributed by atoms with Gasteiger partial charge >= 0.3 is 0 Å². The van der Waals surface area contributed by atoms with Gasteiger partial charge in [0.2, 0.25) is 0 Å². The van der Waals surface area contributed by atoms with Gasteiger partial charge in [0.1, 0.15) is 5.75 Å². The molecule has 0 aliphatic rings. The van der Waals surface area contributed by atoms with Crippen LogP contribution in [-0.4, -0.2) is 24.7 Å². The summed E-state index contributed by atoms with van der Waals surface area (Å²) in [5, 5.41) is 3.22. The lowest BCUT2D eigenvalue weighted by atomic mass is 10.1. The van der Waals surface area contributed by atoms with Crippen LogP contribution in [0.15, 0.2) is 18.5 Å². The zero-order valence-electron chi connectivity index (χ0n) is 9.79. The standard InChI is InChI=1S/C12H20N2O/c1-4-15-12-7-11(8-14-9-12)6-5-10(2)13-3/h7-10,13H,4-6H2,1-3H3. The van der Waals surface area contributed by atoms with E-state index in [9.17, 15) is 0 Å². The van der Waals surface area contributed by atoms with Crippen LogP contribution in [0.1, 0.15) is 25.8 Å². The first-order chi connectivity index (χ1) is 7.26. The van der Waals surface area contributed by atoms with Crippen molar-refractivity contribution >= 4 is 0 Å². The number of rotatable bonds is 6. The Morgan fingerprint density at radius 3 is 2.93 bits per heavy atom.